The molecule has 1 aliphatic rings. The van der Waals surface area contributed by atoms with Gasteiger partial charge in [0.05, 0.1) is 17.4 Å². The number of methoxy groups -OCH3 is 1. The molecule has 34 heavy (non-hydrogen) atoms. The summed E-state index contributed by atoms with van der Waals surface area (Å²) in [6.45, 7) is 4.60. The molecule has 0 bridgehead atoms. The van der Waals surface area contributed by atoms with Crippen LogP contribution < -0.4 is 10.5 Å². The van der Waals surface area contributed by atoms with Crippen molar-refractivity contribution in [3.8, 4) is 22.8 Å². The quantitative estimate of drug-likeness (QED) is 0.538. The molecule has 2 aromatic carbocycles. The number of carbonyl (C=O) groups excluding carboxylic acids is 2. The van der Waals surface area contributed by atoms with Crippen LogP contribution >= 0.6 is 0 Å². The Morgan fingerprint density at radius 3 is 2.41 bits per heavy atom. The van der Waals surface area contributed by atoms with Gasteiger partial charge in [-0.05, 0) is 61.0 Å². The van der Waals surface area contributed by atoms with Crippen molar-refractivity contribution < 1.29 is 19.1 Å². The van der Waals surface area contributed by atoms with Gasteiger partial charge >= 0.3 is 0 Å². The number of carbonyl (C=O) groups is 2. The highest BCUT2D eigenvalue weighted by Gasteiger charge is 2.33. The van der Waals surface area contributed by atoms with Crippen molar-refractivity contribution in [1.29, 1.82) is 0 Å². The highest BCUT2D eigenvalue weighted by Crippen LogP contribution is 2.33. The number of hydrogen-bond donors (Lipinski definition) is 1. The minimum absolute atomic E-state index is 0.0276. The van der Waals surface area contributed by atoms with Gasteiger partial charge in [0.1, 0.15) is 11.5 Å². The zero-order valence-electron chi connectivity index (χ0n) is 19.0. The van der Waals surface area contributed by atoms with E-state index >= 15 is 0 Å². The van der Waals surface area contributed by atoms with Crippen LogP contribution in [0.15, 0.2) is 79.4 Å². The zero-order valence-corrected chi connectivity index (χ0v) is 19.0. The van der Waals surface area contributed by atoms with Crippen LogP contribution in [-0.2, 0) is 9.53 Å². The minimum atomic E-state index is -0.548. The largest absolute Gasteiger partial charge is 0.457 e. The number of ether oxygens (including phenoxy) is 2. The van der Waals surface area contributed by atoms with Crippen LogP contribution in [0, 0.1) is 0 Å². The molecule has 2 atom stereocenters. The summed E-state index contributed by atoms with van der Waals surface area (Å²) in [5.41, 5.74) is 8.05. The molecule has 1 fully saturated rings. The second kappa shape index (κ2) is 10.3. The van der Waals surface area contributed by atoms with Crippen molar-refractivity contribution in [3.63, 3.8) is 0 Å². The second-order valence-corrected chi connectivity index (χ2v) is 8.09. The average Bonchev–Trinajstić information content (AvgIpc) is 2.88. The maximum absolute atomic E-state index is 12.1. The van der Waals surface area contributed by atoms with Crippen LogP contribution in [0.2, 0.25) is 0 Å². The van der Waals surface area contributed by atoms with Crippen molar-refractivity contribution in [2.24, 2.45) is 5.73 Å². The van der Waals surface area contributed by atoms with E-state index in [1.54, 1.807) is 18.1 Å². The van der Waals surface area contributed by atoms with E-state index in [-0.39, 0.29) is 17.9 Å². The van der Waals surface area contributed by atoms with Crippen LogP contribution in [0.4, 0.5) is 0 Å². The Morgan fingerprint density at radius 1 is 1.06 bits per heavy atom. The fourth-order valence-electron chi connectivity index (χ4n) is 4.23. The number of pyridine rings is 1. The number of amides is 2. The Labute approximate surface area is 198 Å². The summed E-state index contributed by atoms with van der Waals surface area (Å²) in [7, 11) is 1.63. The molecule has 2 amide bonds. The van der Waals surface area contributed by atoms with Gasteiger partial charge in [-0.2, -0.15) is 0 Å². The Morgan fingerprint density at radius 2 is 1.76 bits per heavy atom. The number of nitrogens with two attached hydrogens (primary N) is 1. The first-order valence-corrected chi connectivity index (χ1v) is 11.1. The van der Waals surface area contributed by atoms with E-state index < -0.39 is 5.91 Å². The summed E-state index contributed by atoms with van der Waals surface area (Å²) in [4.78, 5) is 30.8. The summed E-state index contributed by atoms with van der Waals surface area (Å²) in [5, 5.41) is 0. The number of nitrogens with zero attached hydrogens (tertiary/aromatic N) is 2. The van der Waals surface area contributed by atoms with Crippen molar-refractivity contribution in [2.75, 3.05) is 20.2 Å². The number of aromatic nitrogens is 1. The van der Waals surface area contributed by atoms with E-state index in [1.807, 2.05) is 60.7 Å². The fraction of sp³-hybridized carbons (Fsp3) is 0.222. The Hall–Kier alpha value is -3.97. The molecule has 7 nitrogen and oxygen atoms in total. The molecule has 174 valence electrons. The van der Waals surface area contributed by atoms with Gasteiger partial charge in [0, 0.05) is 37.4 Å². The first kappa shape index (κ1) is 23.2. The highest BCUT2D eigenvalue weighted by molar-refractivity contribution is 5.98. The summed E-state index contributed by atoms with van der Waals surface area (Å²) in [6.07, 6.45) is 1.78. The van der Waals surface area contributed by atoms with Gasteiger partial charge in [-0.1, -0.05) is 24.8 Å². The van der Waals surface area contributed by atoms with Crippen LogP contribution in [0.5, 0.6) is 11.5 Å². The molecule has 1 aliphatic heterocycles. The molecule has 0 spiro atoms. The second-order valence-electron chi connectivity index (χ2n) is 8.09. The van der Waals surface area contributed by atoms with Crippen LogP contribution in [0.1, 0.15) is 28.4 Å². The topological polar surface area (TPSA) is 94.8 Å². The molecular weight excluding hydrogens is 430 g/mol. The van der Waals surface area contributed by atoms with E-state index in [4.69, 9.17) is 20.2 Å². The smallest absolute Gasteiger partial charge is 0.250 e. The third-order valence-corrected chi connectivity index (χ3v) is 6.02. The van der Waals surface area contributed by atoms with Gasteiger partial charge in [-0.25, -0.2) is 0 Å². The lowest BCUT2D eigenvalue weighted by Gasteiger charge is -2.37. The van der Waals surface area contributed by atoms with E-state index in [2.05, 4.69) is 6.58 Å². The summed E-state index contributed by atoms with van der Waals surface area (Å²) >= 11 is 0. The van der Waals surface area contributed by atoms with Gasteiger partial charge in [0.15, 0.2) is 0 Å². The number of benzene rings is 2. The number of hydrogen-bond acceptors (Lipinski definition) is 5. The Kier molecular flexibility index (Phi) is 7.04. The molecule has 1 saturated heterocycles. The van der Waals surface area contributed by atoms with Gasteiger partial charge in [0.2, 0.25) is 5.91 Å². The number of piperidine rings is 1. The normalized spacial score (nSPS) is 17.7. The lowest BCUT2D eigenvalue weighted by molar-refractivity contribution is -0.130. The molecule has 0 saturated carbocycles. The van der Waals surface area contributed by atoms with Crippen LogP contribution in [-0.4, -0.2) is 48.0 Å². The summed E-state index contributed by atoms with van der Waals surface area (Å²) in [5.74, 6) is 0.718. The lowest BCUT2D eigenvalue weighted by atomic mass is 9.89. The molecule has 1 aromatic heterocycles. The van der Waals surface area contributed by atoms with Crippen LogP contribution in [0.3, 0.4) is 0 Å². The molecule has 2 N–H and O–H groups in total. The first-order valence-electron chi connectivity index (χ1n) is 11.1. The minimum Gasteiger partial charge on any atom is -0.457 e. The zero-order chi connectivity index (χ0) is 24.1. The molecule has 3 aromatic rings. The van der Waals surface area contributed by atoms with Crippen molar-refractivity contribution in [1.82, 2.24) is 9.88 Å². The third kappa shape index (κ3) is 5.00. The maximum Gasteiger partial charge on any atom is 0.250 e. The van der Waals surface area contributed by atoms with Crippen molar-refractivity contribution in [2.45, 2.75) is 18.4 Å². The van der Waals surface area contributed by atoms with E-state index in [0.717, 1.165) is 17.0 Å². The molecular formula is C27H27N3O4. The fourth-order valence-corrected chi connectivity index (χ4v) is 4.23. The number of likely N-dealkylation sites (tertiary alicyclic amines) is 1. The van der Waals surface area contributed by atoms with Gasteiger partial charge in [-0.15, -0.1) is 0 Å². The lowest BCUT2D eigenvalue weighted by Crippen LogP contribution is -2.46. The molecule has 7 heteroatoms. The average molecular weight is 458 g/mol. The number of primary amides is 1. The standard InChI is InChI=1S/C27H27N3O4/c1-3-25(31)30-16-15-21(24(17-30)33-2)23-14-13-22(27(28)32)26(29-23)18-9-11-20(12-10-18)34-19-7-5-4-6-8-19/h3-14,21,24H,1,15-17H2,2H3,(H2,28,32). The predicted octanol–water partition coefficient (Wildman–Crippen LogP) is 4.16. The van der Waals surface area contributed by atoms with Gasteiger partial charge in [-0.3, -0.25) is 14.6 Å². The molecule has 4 rings (SSSR count). The van der Waals surface area contributed by atoms with Crippen LogP contribution in [0.25, 0.3) is 11.3 Å². The monoisotopic (exact) mass is 457 g/mol. The first-order chi connectivity index (χ1) is 16.5. The Balaban J connectivity index is 1.62. The van der Waals surface area contributed by atoms with E-state index in [1.165, 1.54) is 6.08 Å². The molecule has 0 aliphatic carbocycles. The molecule has 0 radical (unpaired) electrons. The van der Waals surface area contributed by atoms with Gasteiger partial charge in [0.25, 0.3) is 5.91 Å². The summed E-state index contributed by atoms with van der Waals surface area (Å²) < 4.78 is 11.6. The molecule has 2 unspecified atom stereocenters. The molecule has 2 heterocycles. The maximum atomic E-state index is 12.1. The van der Waals surface area contributed by atoms with E-state index in [0.29, 0.717) is 36.5 Å². The van der Waals surface area contributed by atoms with Gasteiger partial charge < -0.3 is 20.1 Å². The third-order valence-electron chi connectivity index (χ3n) is 6.02. The SMILES string of the molecule is C=CC(=O)N1CCC(c2ccc(C(N)=O)c(-c3ccc(Oc4ccccc4)cc3)n2)C(OC)C1. The highest BCUT2D eigenvalue weighted by atomic mass is 16.5. The Bertz CT molecular complexity index is 1180. The van der Waals surface area contributed by atoms with E-state index in [9.17, 15) is 9.59 Å². The predicted molar refractivity (Wildman–Crippen MR) is 130 cm³/mol. The number of para-hydroxylation sites is 1. The number of rotatable bonds is 7. The van der Waals surface area contributed by atoms with Crippen molar-refractivity contribution >= 4 is 11.8 Å². The summed E-state index contributed by atoms with van der Waals surface area (Å²) in [6, 6.07) is 20.4. The van der Waals surface area contributed by atoms with Crippen molar-refractivity contribution in [3.05, 3.63) is 90.6 Å².